The molecule has 2 N–H and O–H groups in total. The predicted octanol–water partition coefficient (Wildman–Crippen LogP) is 3.79. The first-order valence-corrected chi connectivity index (χ1v) is 6.60. The summed E-state index contributed by atoms with van der Waals surface area (Å²) in [6.07, 6.45) is 2.43. The van der Waals surface area contributed by atoms with Gasteiger partial charge in [-0.05, 0) is 51.9 Å². The van der Waals surface area contributed by atoms with E-state index >= 15 is 0 Å². The molecule has 1 rings (SSSR count). The Labute approximate surface area is 97.9 Å². The molecular formula is C10H16INS. The third kappa shape index (κ3) is 3.22. The van der Waals surface area contributed by atoms with Crippen LogP contribution in [-0.4, -0.2) is 0 Å². The van der Waals surface area contributed by atoms with Crippen LogP contribution >= 0.6 is 33.9 Å². The van der Waals surface area contributed by atoms with Crippen molar-refractivity contribution >= 4 is 33.9 Å². The molecule has 0 aliphatic heterocycles. The number of halogens is 1. The minimum atomic E-state index is 0.222. The van der Waals surface area contributed by atoms with E-state index in [0.29, 0.717) is 5.92 Å². The van der Waals surface area contributed by atoms with Gasteiger partial charge in [-0.3, -0.25) is 0 Å². The lowest BCUT2D eigenvalue weighted by Crippen LogP contribution is -2.18. The highest BCUT2D eigenvalue weighted by Crippen LogP contribution is 2.27. The molecule has 0 amide bonds. The van der Waals surface area contributed by atoms with Crippen molar-refractivity contribution in [2.75, 3.05) is 0 Å². The summed E-state index contributed by atoms with van der Waals surface area (Å²) in [6.45, 7) is 4.44. The standard InChI is InChI=1S/C10H16INS/c1-3-4-7(2)10(12)8-5-9(11)13-6-8/h5-7,10H,3-4,12H2,1-2H3. The smallest absolute Gasteiger partial charge is 0.0656 e. The third-order valence-electron chi connectivity index (χ3n) is 2.33. The molecule has 1 aromatic rings. The minimum Gasteiger partial charge on any atom is -0.324 e. The molecular weight excluding hydrogens is 293 g/mol. The molecule has 2 atom stereocenters. The molecule has 0 aromatic carbocycles. The van der Waals surface area contributed by atoms with Crippen LogP contribution in [0.3, 0.4) is 0 Å². The lowest BCUT2D eigenvalue weighted by molar-refractivity contribution is 0.434. The van der Waals surface area contributed by atoms with Gasteiger partial charge >= 0.3 is 0 Å². The fraction of sp³-hybridized carbons (Fsp3) is 0.600. The van der Waals surface area contributed by atoms with Crippen molar-refractivity contribution < 1.29 is 0 Å². The quantitative estimate of drug-likeness (QED) is 0.842. The summed E-state index contributed by atoms with van der Waals surface area (Å²) in [5.74, 6) is 0.593. The third-order valence-corrected chi connectivity index (χ3v) is 4.14. The summed E-state index contributed by atoms with van der Waals surface area (Å²) in [6, 6.07) is 2.42. The van der Waals surface area contributed by atoms with Gasteiger partial charge in [-0.2, -0.15) is 0 Å². The van der Waals surface area contributed by atoms with Gasteiger partial charge in [0.05, 0.1) is 2.88 Å². The topological polar surface area (TPSA) is 26.0 Å². The molecule has 1 nitrogen and oxygen atoms in total. The van der Waals surface area contributed by atoms with Gasteiger partial charge in [0.1, 0.15) is 0 Å². The first-order chi connectivity index (χ1) is 6.15. The Morgan fingerprint density at radius 3 is 2.77 bits per heavy atom. The van der Waals surface area contributed by atoms with Gasteiger partial charge in [0, 0.05) is 6.04 Å². The van der Waals surface area contributed by atoms with Crippen LogP contribution in [0.25, 0.3) is 0 Å². The van der Waals surface area contributed by atoms with E-state index < -0.39 is 0 Å². The van der Waals surface area contributed by atoms with Gasteiger partial charge in [-0.15, -0.1) is 11.3 Å². The number of hydrogen-bond donors (Lipinski definition) is 1. The SMILES string of the molecule is CCCC(C)C(N)c1csc(I)c1. The Balaban J connectivity index is 2.61. The Bertz CT molecular complexity index is 259. The Morgan fingerprint density at radius 1 is 1.62 bits per heavy atom. The van der Waals surface area contributed by atoms with Crippen molar-refractivity contribution in [3.05, 3.63) is 19.9 Å². The van der Waals surface area contributed by atoms with Crippen molar-refractivity contribution in [1.29, 1.82) is 0 Å². The Kier molecular flexibility index (Phi) is 4.69. The van der Waals surface area contributed by atoms with Crippen LogP contribution in [0.4, 0.5) is 0 Å². The lowest BCUT2D eigenvalue weighted by Gasteiger charge is -2.17. The molecule has 0 saturated heterocycles. The molecule has 2 unspecified atom stereocenters. The summed E-state index contributed by atoms with van der Waals surface area (Å²) < 4.78 is 1.33. The number of rotatable bonds is 4. The Morgan fingerprint density at radius 2 is 2.31 bits per heavy atom. The monoisotopic (exact) mass is 309 g/mol. The molecule has 0 saturated carbocycles. The fourth-order valence-electron chi connectivity index (χ4n) is 1.46. The van der Waals surface area contributed by atoms with E-state index in [1.54, 1.807) is 11.3 Å². The van der Waals surface area contributed by atoms with Gasteiger partial charge in [0.25, 0.3) is 0 Å². The van der Waals surface area contributed by atoms with Crippen molar-refractivity contribution in [1.82, 2.24) is 0 Å². The van der Waals surface area contributed by atoms with Gasteiger partial charge in [-0.25, -0.2) is 0 Å². The van der Waals surface area contributed by atoms with Crippen molar-refractivity contribution in [2.24, 2.45) is 11.7 Å². The molecule has 0 bridgehead atoms. The normalized spacial score (nSPS) is 15.7. The molecule has 1 heterocycles. The van der Waals surface area contributed by atoms with Gasteiger partial charge in [-0.1, -0.05) is 20.3 Å². The van der Waals surface area contributed by atoms with Gasteiger partial charge in [0.15, 0.2) is 0 Å². The van der Waals surface area contributed by atoms with Crippen molar-refractivity contribution in [2.45, 2.75) is 32.7 Å². The summed E-state index contributed by atoms with van der Waals surface area (Å²) in [7, 11) is 0. The largest absolute Gasteiger partial charge is 0.324 e. The number of hydrogen-bond acceptors (Lipinski definition) is 2. The highest BCUT2D eigenvalue weighted by Gasteiger charge is 2.14. The van der Waals surface area contributed by atoms with E-state index in [4.69, 9.17) is 5.73 Å². The average molecular weight is 309 g/mol. The van der Waals surface area contributed by atoms with E-state index in [0.717, 1.165) is 0 Å². The zero-order chi connectivity index (χ0) is 9.84. The first kappa shape index (κ1) is 11.5. The zero-order valence-corrected chi connectivity index (χ0v) is 11.1. The second kappa shape index (κ2) is 5.32. The van der Waals surface area contributed by atoms with Crippen LogP contribution in [0.5, 0.6) is 0 Å². The summed E-state index contributed by atoms with van der Waals surface area (Å²) in [5.41, 5.74) is 7.44. The maximum Gasteiger partial charge on any atom is 0.0656 e. The molecule has 74 valence electrons. The molecule has 13 heavy (non-hydrogen) atoms. The molecule has 0 aliphatic rings. The van der Waals surface area contributed by atoms with E-state index in [1.807, 2.05) is 0 Å². The van der Waals surface area contributed by atoms with Crippen LogP contribution in [-0.2, 0) is 0 Å². The molecule has 3 heteroatoms. The van der Waals surface area contributed by atoms with Crippen LogP contribution in [0.15, 0.2) is 11.4 Å². The average Bonchev–Trinajstić information content (AvgIpc) is 2.51. The summed E-state index contributed by atoms with van der Waals surface area (Å²) in [4.78, 5) is 0. The van der Waals surface area contributed by atoms with Crippen LogP contribution in [0.2, 0.25) is 0 Å². The second-order valence-corrected chi connectivity index (χ2v) is 6.28. The second-order valence-electron chi connectivity index (χ2n) is 3.48. The first-order valence-electron chi connectivity index (χ1n) is 4.64. The Hall–Kier alpha value is 0.390. The maximum absolute atomic E-state index is 6.14. The van der Waals surface area contributed by atoms with Gasteiger partial charge < -0.3 is 5.73 Å². The molecule has 0 radical (unpaired) electrons. The molecule has 0 fully saturated rings. The van der Waals surface area contributed by atoms with E-state index in [-0.39, 0.29) is 6.04 Å². The molecule has 0 spiro atoms. The van der Waals surface area contributed by atoms with Crippen molar-refractivity contribution in [3.63, 3.8) is 0 Å². The highest BCUT2D eigenvalue weighted by atomic mass is 127. The maximum atomic E-state index is 6.14. The van der Waals surface area contributed by atoms with E-state index in [1.165, 1.54) is 21.3 Å². The lowest BCUT2D eigenvalue weighted by atomic mass is 9.94. The highest BCUT2D eigenvalue weighted by molar-refractivity contribution is 14.1. The fourth-order valence-corrected chi connectivity index (χ4v) is 2.88. The molecule has 1 aromatic heterocycles. The van der Waals surface area contributed by atoms with Crippen molar-refractivity contribution in [3.8, 4) is 0 Å². The van der Waals surface area contributed by atoms with Gasteiger partial charge in [0.2, 0.25) is 0 Å². The van der Waals surface area contributed by atoms with E-state index in [2.05, 4.69) is 47.9 Å². The predicted molar refractivity (Wildman–Crippen MR) is 68.0 cm³/mol. The summed E-state index contributed by atoms with van der Waals surface area (Å²) >= 11 is 4.12. The summed E-state index contributed by atoms with van der Waals surface area (Å²) in [5, 5.41) is 2.18. The minimum absolute atomic E-state index is 0.222. The van der Waals surface area contributed by atoms with Crippen LogP contribution < -0.4 is 5.73 Å². The molecule has 0 aliphatic carbocycles. The van der Waals surface area contributed by atoms with Crippen LogP contribution in [0, 0.1) is 8.80 Å². The number of thiophene rings is 1. The van der Waals surface area contributed by atoms with E-state index in [9.17, 15) is 0 Å². The van der Waals surface area contributed by atoms with Crippen LogP contribution in [0.1, 0.15) is 38.3 Å². The number of nitrogens with two attached hydrogens (primary N) is 1. The zero-order valence-electron chi connectivity index (χ0n) is 8.09.